The van der Waals surface area contributed by atoms with Crippen LogP contribution >= 0.6 is 0 Å². The second-order valence-electron chi connectivity index (χ2n) is 6.51. The van der Waals surface area contributed by atoms with Crippen LogP contribution in [-0.2, 0) is 0 Å². The van der Waals surface area contributed by atoms with Crippen molar-refractivity contribution < 1.29 is 9.84 Å². The van der Waals surface area contributed by atoms with E-state index in [1.165, 1.54) is 6.42 Å². The van der Waals surface area contributed by atoms with Crippen LogP contribution in [0.3, 0.4) is 0 Å². The van der Waals surface area contributed by atoms with E-state index >= 15 is 0 Å². The molecule has 2 rings (SSSR count). The molecule has 118 valence electrons. The third-order valence-corrected chi connectivity index (χ3v) is 4.30. The van der Waals surface area contributed by atoms with Crippen molar-refractivity contribution in [2.75, 3.05) is 32.5 Å². The molecular weight excluding hydrogens is 264 g/mol. The second-order valence-corrected chi connectivity index (χ2v) is 6.51. The molecule has 0 spiro atoms. The molecule has 0 aromatic heterocycles. The summed E-state index contributed by atoms with van der Waals surface area (Å²) in [5.41, 5.74) is 7.34. The number of benzene rings is 1. The number of hydrogen-bond donors (Lipinski definition) is 2. The van der Waals surface area contributed by atoms with Gasteiger partial charge in [-0.1, -0.05) is 19.9 Å². The van der Waals surface area contributed by atoms with Gasteiger partial charge in [-0.25, -0.2) is 0 Å². The number of anilines is 1. The third kappa shape index (κ3) is 4.35. The van der Waals surface area contributed by atoms with Gasteiger partial charge < -0.3 is 20.5 Å². The van der Waals surface area contributed by atoms with Crippen LogP contribution in [0, 0.1) is 11.8 Å². The summed E-state index contributed by atoms with van der Waals surface area (Å²) in [4.78, 5) is 2.47. The Hall–Kier alpha value is -1.26. The SMILES string of the molecule is COc1ccc(C(O)CCN2CC(C)CC(C)C2)cc1N. The lowest BCUT2D eigenvalue weighted by Crippen LogP contribution is -2.39. The molecule has 1 aromatic carbocycles. The molecule has 0 radical (unpaired) electrons. The summed E-state index contributed by atoms with van der Waals surface area (Å²) in [6.45, 7) is 7.83. The average molecular weight is 292 g/mol. The van der Waals surface area contributed by atoms with Gasteiger partial charge in [-0.15, -0.1) is 0 Å². The number of methoxy groups -OCH3 is 1. The van der Waals surface area contributed by atoms with Gasteiger partial charge in [0.2, 0.25) is 0 Å². The van der Waals surface area contributed by atoms with Gasteiger partial charge >= 0.3 is 0 Å². The molecule has 1 aliphatic heterocycles. The zero-order valence-corrected chi connectivity index (χ0v) is 13.4. The van der Waals surface area contributed by atoms with Gasteiger partial charge in [0.1, 0.15) is 5.75 Å². The first-order valence-corrected chi connectivity index (χ1v) is 7.83. The van der Waals surface area contributed by atoms with Crippen molar-refractivity contribution in [2.24, 2.45) is 11.8 Å². The lowest BCUT2D eigenvalue weighted by Gasteiger charge is -2.35. The molecule has 4 nitrogen and oxygen atoms in total. The number of piperidine rings is 1. The summed E-state index contributed by atoms with van der Waals surface area (Å²) in [7, 11) is 1.60. The van der Waals surface area contributed by atoms with Crippen LogP contribution < -0.4 is 10.5 Å². The first-order chi connectivity index (χ1) is 9.99. The Morgan fingerprint density at radius 1 is 1.33 bits per heavy atom. The van der Waals surface area contributed by atoms with Crippen molar-refractivity contribution in [1.29, 1.82) is 0 Å². The predicted molar refractivity (Wildman–Crippen MR) is 86.4 cm³/mol. The number of aliphatic hydroxyl groups is 1. The molecule has 0 amide bonds. The second kappa shape index (κ2) is 7.14. The summed E-state index contributed by atoms with van der Waals surface area (Å²) >= 11 is 0. The normalized spacial score (nSPS) is 24.8. The fourth-order valence-corrected chi connectivity index (χ4v) is 3.41. The maximum Gasteiger partial charge on any atom is 0.141 e. The first kappa shape index (κ1) is 16.1. The van der Waals surface area contributed by atoms with E-state index in [0.29, 0.717) is 11.4 Å². The predicted octanol–water partition coefficient (Wildman–Crippen LogP) is 2.68. The van der Waals surface area contributed by atoms with Crippen molar-refractivity contribution in [3.8, 4) is 5.75 Å². The van der Waals surface area contributed by atoms with Crippen LogP contribution in [0.1, 0.15) is 38.4 Å². The Balaban J connectivity index is 1.89. The number of ether oxygens (including phenoxy) is 1. The van der Waals surface area contributed by atoms with Gasteiger partial charge in [0.15, 0.2) is 0 Å². The highest BCUT2D eigenvalue weighted by Crippen LogP contribution is 2.27. The molecule has 1 heterocycles. The molecular formula is C17H28N2O2. The lowest BCUT2D eigenvalue weighted by atomic mass is 9.91. The van der Waals surface area contributed by atoms with Gasteiger partial charge in [0.05, 0.1) is 18.9 Å². The number of likely N-dealkylation sites (tertiary alicyclic amines) is 1. The maximum absolute atomic E-state index is 10.3. The molecule has 3 N–H and O–H groups in total. The molecule has 1 saturated heterocycles. The Labute approximate surface area is 127 Å². The molecule has 21 heavy (non-hydrogen) atoms. The Morgan fingerprint density at radius 2 is 2.00 bits per heavy atom. The van der Waals surface area contributed by atoms with Gasteiger partial charge in [-0.2, -0.15) is 0 Å². The number of hydrogen-bond acceptors (Lipinski definition) is 4. The topological polar surface area (TPSA) is 58.7 Å². The van der Waals surface area contributed by atoms with Crippen molar-refractivity contribution >= 4 is 5.69 Å². The summed E-state index contributed by atoms with van der Waals surface area (Å²) < 4.78 is 5.14. The van der Waals surface area contributed by atoms with Crippen molar-refractivity contribution in [1.82, 2.24) is 4.90 Å². The molecule has 1 fully saturated rings. The molecule has 1 aliphatic rings. The van der Waals surface area contributed by atoms with Crippen molar-refractivity contribution in [2.45, 2.75) is 32.8 Å². The number of nitrogen functional groups attached to an aromatic ring is 1. The molecule has 0 saturated carbocycles. The standard InChI is InChI=1S/C17H28N2O2/c1-12-8-13(2)11-19(10-12)7-6-16(20)14-4-5-17(21-3)15(18)9-14/h4-5,9,12-13,16,20H,6-8,10-11,18H2,1-3H3. The Bertz CT molecular complexity index is 454. The highest BCUT2D eigenvalue weighted by atomic mass is 16.5. The Morgan fingerprint density at radius 3 is 2.57 bits per heavy atom. The highest BCUT2D eigenvalue weighted by Gasteiger charge is 2.22. The summed E-state index contributed by atoms with van der Waals surface area (Å²) in [5, 5.41) is 10.3. The van der Waals surface area contributed by atoms with E-state index in [1.54, 1.807) is 7.11 Å². The van der Waals surface area contributed by atoms with E-state index in [1.807, 2.05) is 18.2 Å². The van der Waals surface area contributed by atoms with Gasteiger partial charge in [-0.05, 0) is 42.4 Å². The number of nitrogens with zero attached hydrogens (tertiary/aromatic N) is 1. The van der Waals surface area contributed by atoms with Crippen LogP contribution in [0.4, 0.5) is 5.69 Å². The molecule has 0 aliphatic carbocycles. The number of aliphatic hydroxyl groups excluding tert-OH is 1. The van der Waals surface area contributed by atoms with E-state index in [4.69, 9.17) is 10.5 Å². The minimum absolute atomic E-state index is 0.467. The van der Waals surface area contributed by atoms with Crippen LogP contribution in [0.5, 0.6) is 5.75 Å². The largest absolute Gasteiger partial charge is 0.495 e. The minimum atomic E-state index is -0.467. The van der Waals surface area contributed by atoms with E-state index in [9.17, 15) is 5.11 Å². The zero-order valence-electron chi connectivity index (χ0n) is 13.4. The quantitative estimate of drug-likeness (QED) is 0.819. The smallest absolute Gasteiger partial charge is 0.141 e. The molecule has 0 bridgehead atoms. The monoisotopic (exact) mass is 292 g/mol. The lowest BCUT2D eigenvalue weighted by molar-refractivity contribution is 0.103. The molecule has 4 heteroatoms. The van der Waals surface area contributed by atoms with E-state index in [0.717, 1.165) is 43.5 Å². The number of nitrogens with two attached hydrogens (primary N) is 1. The molecule has 3 unspecified atom stereocenters. The van der Waals surface area contributed by atoms with Crippen LogP contribution in [0.15, 0.2) is 18.2 Å². The fraction of sp³-hybridized carbons (Fsp3) is 0.647. The average Bonchev–Trinajstić information content (AvgIpc) is 2.43. The van der Waals surface area contributed by atoms with Crippen LogP contribution in [-0.4, -0.2) is 36.8 Å². The van der Waals surface area contributed by atoms with Crippen LogP contribution in [0.2, 0.25) is 0 Å². The number of rotatable bonds is 5. The van der Waals surface area contributed by atoms with E-state index < -0.39 is 6.10 Å². The van der Waals surface area contributed by atoms with Crippen molar-refractivity contribution in [3.05, 3.63) is 23.8 Å². The summed E-state index contributed by atoms with van der Waals surface area (Å²) in [5.74, 6) is 2.16. The molecule has 3 atom stereocenters. The third-order valence-electron chi connectivity index (χ3n) is 4.30. The van der Waals surface area contributed by atoms with Gasteiger partial charge in [-0.3, -0.25) is 0 Å². The minimum Gasteiger partial charge on any atom is -0.495 e. The zero-order chi connectivity index (χ0) is 15.4. The highest BCUT2D eigenvalue weighted by molar-refractivity contribution is 5.54. The summed E-state index contributed by atoms with van der Waals surface area (Å²) in [6, 6.07) is 5.52. The van der Waals surface area contributed by atoms with Gasteiger partial charge in [0.25, 0.3) is 0 Å². The van der Waals surface area contributed by atoms with Crippen molar-refractivity contribution in [3.63, 3.8) is 0 Å². The van der Waals surface area contributed by atoms with E-state index in [-0.39, 0.29) is 0 Å². The van der Waals surface area contributed by atoms with Crippen LogP contribution in [0.25, 0.3) is 0 Å². The first-order valence-electron chi connectivity index (χ1n) is 7.83. The maximum atomic E-state index is 10.3. The fourth-order valence-electron chi connectivity index (χ4n) is 3.41. The molecule has 1 aromatic rings. The van der Waals surface area contributed by atoms with E-state index in [2.05, 4.69) is 18.7 Å². The Kier molecular flexibility index (Phi) is 5.48. The van der Waals surface area contributed by atoms with Gasteiger partial charge in [0, 0.05) is 19.6 Å². The summed E-state index contributed by atoms with van der Waals surface area (Å²) in [6.07, 6.45) is 1.59.